The first kappa shape index (κ1) is 14.0. The van der Waals surface area contributed by atoms with Gasteiger partial charge in [0, 0.05) is 13.0 Å². The number of thiophene rings is 1. The highest BCUT2D eigenvalue weighted by molar-refractivity contribution is 7.07. The molecule has 19 heavy (non-hydrogen) atoms. The smallest absolute Gasteiger partial charge is 0.137 e. The van der Waals surface area contributed by atoms with Crippen molar-refractivity contribution in [3.8, 4) is 5.75 Å². The predicted molar refractivity (Wildman–Crippen MR) is 79.8 cm³/mol. The number of nitrogens with zero attached hydrogens (tertiary/aromatic N) is 1. The van der Waals surface area contributed by atoms with Crippen molar-refractivity contribution in [3.05, 3.63) is 46.4 Å². The third kappa shape index (κ3) is 5.01. The van der Waals surface area contributed by atoms with Gasteiger partial charge in [-0.15, -0.1) is 0 Å². The molecule has 0 aliphatic carbocycles. The number of nitrogens with one attached hydrogen (secondary N) is 1. The van der Waals surface area contributed by atoms with Gasteiger partial charge in [-0.3, -0.25) is 4.98 Å². The molecule has 0 aliphatic rings. The molecule has 2 heterocycles. The van der Waals surface area contributed by atoms with E-state index in [2.05, 4.69) is 34.1 Å². The average molecular weight is 276 g/mol. The van der Waals surface area contributed by atoms with Crippen LogP contribution in [0.4, 0.5) is 0 Å². The van der Waals surface area contributed by atoms with Crippen LogP contribution in [0.2, 0.25) is 0 Å². The van der Waals surface area contributed by atoms with Crippen LogP contribution in [0.25, 0.3) is 0 Å². The fourth-order valence-corrected chi connectivity index (χ4v) is 2.42. The number of ether oxygens (including phenoxy) is 1. The van der Waals surface area contributed by atoms with Crippen molar-refractivity contribution in [2.45, 2.75) is 26.3 Å². The maximum Gasteiger partial charge on any atom is 0.137 e. The van der Waals surface area contributed by atoms with E-state index in [0.29, 0.717) is 6.61 Å². The standard InChI is InChI=1S/C15H20N2OS/c1-2-7-16-10-14-3-4-15(11-17-14)18-8-5-13-6-9-19-12-13/h3-4,6,9,11-12,16H,2,5,7-8,10H2,1H3. The van der Waals surface area contributed by atoms with E-state index >= 15 is 0 Å². The Bertz CT molecular complexity index is 454. The summed E-state index contributed by atoms with van der Waals surface area (Å²) in [5.41, 5.74) is 2.39. The monoisotopic (exact) mass is 276 g/mol. The second-order valence-electron chi connectivity index (χ2n) is 4.39. The van der Waals surface area contributed by atoms with E-state index in [4.69, 9.17) is 4.74 Å². The Balaban J connectivity index is 1.72. The number of hydrogen-bond donors (Lipinski definition) is 1. The van der Waals surface area contributed by atoms with E-state index in [-0.39, 0.29) is 0 Å². The molecule has 2 aromatic heterocycles. The Labute approximate surface area is 118 Å². The van der Waals surface area contributed by atoms with Gasteiger partial charge in [0.2, 0.25) is 0 Å². The fraction of sp³-hybridized carbons (Fsp3) is 0.400. The third-order valence-electron chi connectivity index (χ3n) is 2.77. The minimum atomic E-state index is 0.700. The summed E-state index contributed by atoms with van der Waals surface area (Å²) in [5.74, 6) is 0.842. The topological polar surface area (TPSA) is 34.1 Å². The lowest BCUT2D eigenvalue weighted by atomic mass is 10.2. The summed E-state index contributed by atoms with van der Waals surface area (Å²) >= 11 is 1.72. The van der Waals surface area contributed by atoms with Gasteiger partial charge in [0.25, 0.3) is 0 Å². The Morgan fingerprint density at radius 3 is 2.95 bits per heavy atom. The highest BCUT2D eigenvalue weighted by Crippen LogP contribution is 2.11. The molecule has 102 valence electrons. The van der Waals surface area contributed by atoms with Gasteiger partial charge in [-0.25, -0.2) is 0 Å². The number of hydrogen-bond acceptors (Lipinski definition) is 4. The molecule has 0 spiro atoms. The first-order valence-electron chi connectivity index (χ1n) is 6.68. The molecular weight excluding hydrogens is 256 g/mol. The highest BCUT2D eigenvalue weighted by Gasteiger charge is 1.98. The predicted octanol–water partition coefficient (Wildman–Crippen LogP) is 3.26. The number of pyridine rings is 1. The summed E-state index contributed by atoms with van der Waals surface area (Å²) in [6.45, 7) is 4.71. The lowest BCUT2D eigenvalue weighted by Gasteiger charge is -2.06. The second kappa shape index (κ2) is 7.92. The summed E-state index contributed by atoms with van der Waals surface area (Å²) < 4.78 is 5.68. The van der Waals surface area contributed by atoms with Gasteiger partial charge in [0.1, 0.15) is 5.75 Å². The first-order valence-corrected chi connectivity index (χ1v) is 7.62. The van der Waals surface area contributed by atoms with Crippen LogP contribution in [0.5, 0.6) is 5.75 Å². The molecule has 1 N–H and O–H groups in total. The van der Waals surface area contributed by atoms with Gasteiger partial charge in [-0.2, -0.15) is 11.3 Å². The molecule has 0 atom stereocenters. The molecule has 0 saturated carbocycles. The van der Waals surface area contributed by atoms with Gasteiger partial charge in [0.15, 0.2) is 0 Å². The summed E-state index contributed by atoms with van der Waals surface area (Å²) in [6, 6.07) is 6.14. The van der Waals surface area contributed by atoms with Crippen LogP contribution in [-0.4, -0.2) is 18.1 Å². The van der Waals surface area contributed by atoms with Crippen LogP contribution in [0, 0.1) is 0 Å². The maximum atomic E-state index is 5.68. The molecule has 0 fully saturated rings. The van der Waals surface area contributed by atoms with Crippen molar-refractivity contribution in [2.75, 3.05) is 13.2 Å². The largest absolute Gasteiger partial charge is 0.492 e. The molecule has 3 nitrogen and oxygen atoms in total. The van der Waals surface area contributed by atoms with E-state index in [1.165, 1.54) is 5.56 Å². The van der Waals surface area contributed by atoms with E-state index in [1.54, 1.807) is 17.5 Å². The van der Waals surface area contributed by atoms with E-state index in [0.717, 1.165) is 37.4 Å². The first-order chi connectivity index (χ1) is 9.38. The minimum absolute atomic E-state index is 0.700. The Hall–Kier alpha value is -1.39. The molecular formula is C15H20N2OS. The summed E-state index contributed by atoms with van der Waals surface area (Å²) in [6.07, 6.45) is 3.89. The average Bonchev–Trinajstić information content (AvgIpc) is 2.94. The van der Waals surface area contributed by atoms with Crippen molar-refractivity contribution in [3.63, 3.8) is 0 Å². The van der Waals surface area contributed by atoms with Crippen LogP contribution in [-0.2, 0) is 13.0 Å². The molecule has 0 unspecified atom stereocenters. The van der Waals surface area contributed by atoms with Crippen LogP contribution >= 0.6 is 11.3 Å². The Morgan fingerprint density at radius 2 is 2.26 bits per heavy atom. The number of rotatable bonds is 8. The molecule has 0 radical (unpaired) electrons. The van der Waals surface area contributed by atoms with Gasteiger partial charge < -0.3 is 10.1 Å². The van der Waals surface area contributed by atoms with E-state index < -0.39 is 0 Å². The Morgan fingerprint density at radius 1 is 1.32 bits per heavy atom. The normalized spacial score (nSPS) is 10.6. The van der Waals surface area contributed by atoms with Crippen LogP contribution in [0.15, 0.2) is 35.2 Å². The van der Waals surface area contributed by atoms with Crippen LogP contribution in [0.1, 0.15) is 24.6 Å². The molecule has 0 bridgehead atoms. The lowest BCUT2D eigenvalue weighted by Crippen LogP contribution is -2.14. The van der Waals surface area contributed by atoms with Crippen molar-refractivity contribution in [2.24, 2.45) is 0 Å². The molecule has 0 amide bonds. The van der Waals surface area contributed by atoms with Crippen molar-refractivity contribution >= 4 is 11.3 Å². The quantitative estimate of drug-likeness (QED) is 0.751. The van der Waals surface area contributed by atoms with Gasteiger partial charge >= 0.3 is 0 Å². The van der Waals surface area contributed by atoms with Crippen LogP contribution < -0.4 is 10.1 Å². The lowest BCUT2D eigenvalue weighted by molar-refractivity contribution is 0.320. The van der Waals surface area contributed by atoms with Crippen LogP contribution in [0.3, 0.4) is 0 Å². The fourth-order valence-electron chi connectivity index (χ4n) is 1.72. The SMILES string of the molecule is CCCNCc1ccc(OCCc2ccsc2)cn1. The van der Waals surface area contributed by atoms with Crippen molar-refractivity contribution in [1.29, 1.82) is 0 Å². The molecule has 0 aliphatic heterocycles. The zero-order valence-electron chi connectivity index (χ0n) is 11.3. The zero-order chi connectivity index (χ0) is 13.3. The Kier molecular flexibility index (Phi) is 5.85. The zero-order valence-corrected chi connectivity index (χ0v) is 12.1. The van der Waals surface area contributed by atoms with Gasteiger partial charge in [0.05, 0.1) is 18.5 Å². The van der Waals surface area contributed by atoms with Crippen molar-refractivity contribution in [1.82, 2.24) is 10.3 Å². The van der Waals surface area contributed by atoms with Gasteiger partial charge in [-0.05, 0) is 47.5 Å². The summed E-state index contributed by atoms with van der Waals surface area (Å²) in [5, 5.41) is 7.58. The molecule has 2 rings (SSSR count). The van der Waals surface area contributed by atoms with Gasteiger partial charge in [-0.1, -0.05) is 6.92 Å². The minimum Gasteiger partial charge on any atom is -0.492 e. The third-order valence-corrected chi connectivity index (χ3v) is 3.50. The van der Waals surface area contributed by atoms with E-state index in [9.17, 15) is 0 Å². The molecule has 4 heteroatoms. The maximum absolute atomic E-state index is 5.68. The number of aromatic nitrogens is 1. The summed E-state index contributed by atoms with van der Waals surface area (Å²) in [7, 11) is 0. The highest BCUT2D eigenvalue weighted by atomic mass is 32.1. The summed E-state index contributed by atoms with van der Waals surface area (Å²) in [4.78, 5) is 4.38. The second-order valence-corrected chi connectivity index (χ2v) is 5.17. The van der Waals surface area contributed by atoms with Crippen molar-refractivity contribution < 1.29 is 4.74 Å². The molecule has 2 aromatic rings. The van der Waals surface area contributed by atoms with E-state index in [1.807, 2.05) is 12.1 Å². The molecule has 0 aromatic carbocycles. The molecule has 0 saturated heterocycles.